The summed E-state index contributed by atoms with van der Waals surface area (Å²) in [7, 11) is 0. The van der Waals surface area contributed by atoms with Crippen LogP contribution >= 0.6 is 11.3 Å². The number of nitrogens with one attached hydrogen (secondary N) is 2. The van der Waals surface area contributed by atoms with E-state index >= 15 is 0 Å². The van der Waals surface area contributed by atoms with Gasteiger partial charge in [-0.15, -0.1) is 11.3 Å². The van der Waals surface area contributed by atoms with Crippen LogP contribution in [0.2, 0.25) is 0 Å². The highest BCUT2D eigenvalue weighted by Crippen LogP contribution is 2.19. The van der Waals surface area contributed by atoms with E-state index in [2.05, 4.69) is 20.5 Å². The van der Waals surface area contributed by atoms with Crippen LogP contribution in [-0.4, -0.2) is 48.0 Å². The molecule has 0 spiro atoms. The smallest absolute Gasteiger partial charge is 0.323 e. The van der Waals surface area contributed by atoms with Crippen molar-refractivity contribution >= 4 is 40.5 Å². The Morgan fingerprint density at radius 2 is 1.84 bits per heavy atom. The molecule has 0 atom stereocenters. The number of carbonyl (C=O) groups is 2. The Morgan fingerprint density at radius 1 is 0.968 bits per heavy atom. The van der Waals surface area contributed by atoms with E-state index in [1.54, 1.807) is 6.20 Å². The second kappa shape index (κ2) is 9.61. The Kier molecular flexibility index (Phi) is 6.47. The maximum absolute atomic E-state index is 12.6. The number of rotatable bonds is 4. The molecule has 1 aliphatic heterocycles. The molecule has 3 heterocycles. The molecule has 4 rings (SSSR count). The molecule has 1 fully saturated rings. The Balaban J connectivity index is 1.32. The Labute approximate surface area is 185 Å². The minimum absolute atomic E-state index is 0.101. The summed E-state index contributed by atoms with van der Waals surface area (Å²) in [5, 5.41) is 7.56. The highest BCUT2D eigenvalue weighted by molar-refractivity contribution is 7.12. The fourth-order valence-electron chi connectivity index (χ4n) is 3.57. The van der Waals surface area contributed by atoms with E-state index in [1.807, 2.05) is 65.7 Å². The summed E-state index contributed by atoms with van der Waals surface area (Å²) in [6, 6.07) is 14.9. The van der Waals surface area contributed by atoms with Gasteiger partial charge in [-0.25, -0.2) is 9.78 Å². The zero-order valence-corrected chi connectivity index (χ0v) is 18.2. The van der Waals surface area contributed by atoms with Crippen molar-refractivity contribution in [1.29, 1.82) is 0 Å². The SMILES string of the molecule is Cc1cccc(NC(=O)Nc2ccc(N3CCCN(C(=O)c4cccs4)CC3)nc2)c1. The number of urea groups is 1. The van der Waals surface area contributed by atoms with Gasteiger partial charge in [-0.3, -0.25) is 4.79 Å². The molecule has 1 saturated heterocycles. The predicted octanol–water partition coefficient (Wildman–Crippen LogP) is 4.45. The average molecular weight is 436 g/mol. The third-order valence-electron chi connectivity index (χ3n) is 5.12. The quantitative estimate of drug-likeness (QED) is 0.635. The molecule has 2 N–H and O–H groups in total. The summed E-state index contributed by atoms with van der Waals surface area (Å²) < 4.78 is 0. The lowest BCUT2D eigenvalue weighted by atomic mass is 10.2. The molecule has 8 heteroatoms. The number of hydrogen-bond acceptors (Lipinski definition) is 5. The second-order valence-electron chi connectivity index (χ2n) is 7.46. The molecule has 2 aromatic heterocycles. The van der Waals surface area contributed by atoms with Gasteiger partial charge in [0.1, 0.15) is 5.82 Å². The topological polar surface area (TPSA) is 77.6 Å². The number of hydrogen-bond donors (Lipinski definition) is 2. The Bertz CT molecular complexity index is 1040. The molecule has 0 bridgehead atoms. The number of amides is 3. The lowest BCUT2D eigenvalue weighted by Crippen LogP contribution is -2.35. The zero-order chi connectivity index (χ0) is 21.6. The largest absolute Gasteiger partial charge is 0.355 e. The first-order valence-electron chi connectivity index (χ1n) is 10.3. The molecule has 31 heavy (non-hydrogen) atoms. The van der Waals surface area contributed by atoms with Gasteiger partial charge in [-0.05, 0) is 54.6 Å². The molecular formula is C23H25N5O2S. The average Bonchev–Trinajstić information content (AvgIpc) is 3.19. The number of nitrogens with zero attached hydrogens (tertiary/aromatic N) is 3. The molecule has 0 saturated carbocycles. The predicted molar refractivity (Wildman–Crippen MR) is 125 cm³/mol. The van der Waals surface area contributed by atoms with E-state index in [0.29, 0.717) is 12.2 Å². The van der Waals surface area contributed by atoms with Crippen LogP contribution < -0.4 is 15.5 Å². The highest BCUT2D eigenvalue weighted by atomic mass is 32.1. The van der Waals surface area contributed by atoms with Gasteiger partial charge in [0, 0.05) is 31.9 Å². The molecule has 0 unspecified atom stereocenters. The molecule has 0 radical (unpaired) electrons. The van der Waals surface area contributed by atoms with Crippen molar-refractivity contribution in [2.24, 2.45) is 0 Å². The van der Waals surface area contributed by atoms with Crippen LogP contribution in [0.1, 0.15) is 21.7 Å². The van der Waals surface area contributed by atoms with Crippen molar-refractivity contribution < 1.29 is 9.59 Å². The highest BCUT2D eigenvalue weighted by Gasteiger charge is 2.21. The summed E-state index contributed by atoms with van der Waals surface area (Å²) >= 11 is 1.48. The zero-order valence-electron chi connectivity index (χ0n) is 17.4. The van der Waals surface area contributed by atoms with Crippen molar-refractivity contribution in [3.05, 3.63) is 70.5 Å². The van der Waals surface area contributed by atoms with Gasteiger partial charge < -0.3 is 20.4 Å². The summed E-state index contributed by atoms with van der Waals surface area (Å²) in [5.41, 5.74) is 2.45. The molecule has 3 amide bonds. The fraction of sp³-hybridized carbons (Fsp3) is 0.261. The van der Waals surface area contributed by atoms with Gasteiger partial charge in [0.15, 0.2) is 0 Å². The van der Waals surface area contributed by atoms with Gasteiger partial charge in [-0.1, -0.05) is 18.2 Å². The van der Waals surface area contributed by atoms with Crippen LogP contribution in [0.4, 0.5) is 22.0 Å². The Hall–Kier alpha value is -3.39. The second-order valence-corrected chi connectivity index (χ2v) is 8.41. The molecule has 160 valence electrons. The number of aromatic nitrogens is 1. The number of carbonyl (C=O) groups excluding carboxylic acids is 2. The molecule has 1 aliphatic rings. The monoisotopic (exact) mass is 435 g/mol. The van der Waals surface area contributed by atoms with Crippen LogP contribution in [0.15, 0.2) is 60.1 Å². The van der Waals surface area contributed by atoms with Gasteiger partial charge >= 0.3 is 6.03 Å². The third-order valence-corrected chi connectivity index (χ3v) is 5.98. The fourth-order valence-corrected chi connectivity index (χ4v) is 4.26. The van der Waals surface area contributed by atoms with Crippen LogP contribution in [0.3, 0.4) is 0 Å². The van der Waals surface area contributed by atoms with Crippen LogP contribution in [0.25, 0.3) is 0 Å². The summed E-state index contributed by atoms with van der Waals surface area (Å²) in [6.45, 7) is 4.95. The first-order chi connectivity index (χ1) is 15.1. The van der Waals surface area contributed by atoms with E-state index in [4.69, 9.17) is 0 Å². The van der Waals surface area contributed by atoms with Crippen molar-refractivity contribution in [2.45, 2.75) is 13.3 Å². The maximum atomic E-state index is 12.6. The summed E-state index contributed by atoms with van der Waals surface area (Å²) in [4.78, 5) is 34.2. The van der Waals surface area contributed by atoms with Crippen molar-refractivity contribution in [2.75, 3.05) is 41.7 Å². The molecular weight excluding hydrogens is 410 g/mol. The first-order valence-corrected chi connectivity index (χ1v) is 11.1. The van der Waals surface area contributed by atoms with Crippen molar-refractivity contribution in [3.63, 3.8) is 0 Å². The van der Waals surface area contributed by atoms with Crippen LogP contribution in [0.5, 0.6) is 0 Å². The third kappa shape index (κ3) is 5.40. The maximum Gasteiger partial charge on any atom is 0.323 e. The van der Waals surface area contributed by atoms with Gasteiger partial charge in [0.25, 0.3) is 5.91 Å². The van der Waals surface area contributed by atoms with E-state index in [-0.39, 0.29) is 11.9 Å². The van der Waals surface area contributed by atoms with E-state index in [0.717, 1.165) is 48.0 Å². The van der Waals surface area contributed by atoms with Crippen LogP contribution in [-0.2, 0) is 0 Å². The minimum atomic E-state index is -0.308. The summed E-state index contributed by atoms with van der Waals surface area (Å²) in [6.07, 6.45) is 2.54. The first kappa shape index (κ1) is 20.9. The van der Waals surface area contributed by atoms with Gasteiger partial charge in [-0.2, -0.15) is 0 Å². The summed E-state index contributed by atoms with van der Waals surface area (Å²) in [5.74, 6) is 0.944. The Morgan fingerprint density at radius 3 is 2.58 bits per heavy atom. The van der Waals surface area contributed by atoms with Gasteiger partial charge in [0.2, 0.25) is 0 Å². The molecule has 1 aromatic carbocycles. The number of pyridine rings is 1. The number of aryl methyl sites for hydroxylation is 1. The lowest BCUT2D eigenvalue weighted by molar-refractivity contribution is 0.0772. The number of benzene rings is 1. The van der Waals surface area contributed by atoms with Gasteiger partial charge in [0.05, 0.1) is 16.8 Å². The molecule has 3 aromatic rings. The minimum Gasteiger partial charge on any atom is -0.355 e. The van der Waals surface area contributed by atoms with Crippen molar-refractivity contribution in [3.8, 4) is 0 Å². The van der Waals surface area contributed by atoms with Crippen LogP contribution in [0, 0.1) is 6.92 Å². The number of thiophene rings is 1. The van der Waals surface area contributed by atoms with Crippen molar-refractivity contribution in [1.82, 2.24) is 9.88 Å². The standard InChI is InChI=1S/C23H25N5O2S/c1-17-5-2-6-18(15-17)25-23(30)26-19-8-9-21(24-16-19)27-10-4-11-28(13-12-27)22(29)20-7-3-14-31-20/h2-3,5-9,14-16H,4,10-13H2,1H3,(H2,25,26,30). The normalized spacial score (nSPS) is 14.1. The molecule has 7 nitrogen and oxygen atoms in total. The van der Waals surface area contributed by atoms with E-state index < -0.39 is 0 Å². The molecule has 0 aliphatic carbocycles. The number of anilines is 3. The lowest BCUT2D eigenvalue weighted by Gasteiger charge is -2.22. The van der Waals surface area contributed by atoms with E-state index in [9.17, 15) is 9.59 Å². The van der Waals surface area contributed by atoms with E-state index in [1.165, 1.54) is 11.3 Å².